The Balaban J connectivity index is 2.82. The Labute approximate surface area is 135 Å². The number of carbonyl (C=O) groups is 2. The van der Waals surface area contributed by atoms with Crippen molar-refractivity contribution in [2.24, 2.45) is 5.92 Å². The molecule has 1 aromatic rings. The minimum atomic E-state index is -1.13. The summed E-state index contributed by atoms with van der Waals surface area (Å²) in [7, 11) is 0. The predicted molar refractivity (Wildman–Crippen MR) is 85.3 cm³/mol. The Morgan fingerprint density at radius 3 is 2.70 bits per heavy atom. The summed E-state index contributed by atoms with van der Waals surface area (Å²) in [6.07, 6.45) is 3.09. The van der Waals surface area contributed by atoms with Crippen LogP contribution < -0.4 is 10.6 Å². The molecule has 0 spiro atoms. The first-order chi connectivity index (χ1) is 10.8. The first-order valence-corrected chi connectivity index (χ1v) is 7.17. The lowest BCUT2D eigenvalue weighted by atomic mass is 10.0. The monoisotopic (exact) mass is 316 g/mol. The van der Waals surface area contributed by atoms with Gasteiger partial charge >= 0.3 is 5.97 Å². The second kappa shape index (κ2) is 8.54. The molecule has 1 aromatic heterocycles. The molecule has 1 rings (SSSR count). The summed E-state index contributed by atoms with van der Waals surface area (Å²) in [4.78, 5) is 27.3. The van der Waals surface area contributed by atoms with E-state index in [1.54, 1.807) is 18.3 Å². The minimum absolute atomic E-state index is 0.0974. The lowest BCUT2D eigenvalue weighted by Gasteiger charge is -2.16. The molecule has 7 nitrogen and oxygen atoms in total. The van der Waals surface area contributed by atoms with Crippen LogP contribution in [0.1, 0.15) is 25.8 Å². The lowest BCUT2D eigenvalue weighted by Crippen LogP contribution is -2.42. The fourth-order valence-electron chi connectivity index (χ4n) is 1.85. The molecule has 0 saturated carbocycles. The molecule has 0 aliphatic heterocycles. The number of rotatable bonds is 7. The summed E-state index contributed by atoms with van der Waals surface area (Å²) < 4.78 is 0. The fraction of sp³-hybridized carbons (Fsp3) is 0.375. The maximum absolute atomic E-state index is 12.1. The number of amides is 1. The maximum atomic E-state index is 12.1. The number of pyridine rings is 1. The van der Waals surface area contributed by atoms with Crippen LogP contribution in [0, 0.1) is 24.2 Å². The average molecular weight is 316 g/mol. The van der Waals surface area contributed by atoms with E-state index in [1.165, 1.54) is 6.20 Å². The standard InChI is InChI=1S/C16H20N4O3/c1-10(2)7-13(16(22)23)20-15(21)12(8-17)9-19-14-11(3)5-4-6-18-14/h4-6,9-10,13H,7H2,1-3H3,(H,18,19)(H,20,21)(H,22,23)/b12-9-. The number of hydrogen-bond donors (Lipinski definition) is 3. The van der Waals surface area contributed by atoms with Gasteiger partial charge < -0.3 is 15.7 Å². The quantitative estimate of drug-likeness (QED) is 0.522. The number of carboxylic acid groups (broad SMARTS) is 1. The van der Waals surface area contributed by atoms with Gasteiger partial charge in [-0.05, 0) is 30.9 Å². The van der Waals surface area contributed by atoms with Crippen molar-refractivity contribution in [1.29, 1.82) is 5.26 Å². The zero-order chi connectivity index (χ0) is 17.4. The molecule has 1 unspecified atom stereocenters. The van der Waals surface area contributed by atoms with Crippen molar-refractivity contribution in [2.75, 3.05) is 5.32 Å². The number of nitrogens with zero attached hydrogens (tertiary/aromatic N) is 2. The van der Waals surface area contributed by atoms with Gasteiger partial charge in [0.2, 0.25) is 0 Å². The van der Waals surface area contributed by atoms with Gasteiger partial charge in [-0.15, -0.1) is 0 Å². The lowest BCUT2D eigenvalue weighted by molar-refractivity contribution is -0.141. The molecule has 0 aliphatic carbocycles. The second-order valence-corrected chi connectivity index (χ2v) is 5.48. The first-order valence-electron chi connectivity index (χ1n) is 7.17. The molecule has 122 valence electrons. The van der Waals surface area contributed by atoms with Crippen molar-refractivity contribution in [3.05, 3.63) is 35.7 Å². The SMILES string of the molecule is Cc1cccnc1N/C=C(/C#N)C(=O)NC(CC(C)C)C(=O)O. The fourth-order valence-corrected chi connectivity index (χ4v) is 1.85. The molecule has 1 atom stereocenters. The van der Waals surface area contributed by atoms with Crippen LogP contribution in [0.5, 0.6) is 0 Å². The molecular formula is C16H20N4O3. The normalized spacial score (nSPS) is 12.4. The maximum Gasteiger partial charge on any atom is 0.326 e. The summed E-state index contributed by atoms with van der Waals surface area (Å²) >= 11 is 0. The average Bonchev–Trinajstić information content (AvgIpc) is 2.48. The van der Waals surface area contributed by atoms with Crippen LogP contribution in [0.3, 0.4) is 0 Å². The highest BCUT2D eigenvalue weighted by Gasteiger charge is 2.22. The van der Waals surface area contributed by atoms with Gasteiger partial charge in [0.25, 0.3) is 5.91 Å². The van der Waals surface area contributed by atoms with Gasteiger partial charge in [0.1, 0.15) is 23.5 Å². The van der Waals surface area contributed by atoms with Gasteiger partial charge in [0.15, 0.2) is 0 Å². The van der Waals surface area contributed by atoms with Crippen LogP contribution in [0.4, 0.5) is 5.82 Å². The number of aliphatic carboxylic acids is 1. The Kier molecular flexibility index (Phi) is 6.74. The van der Waals surface area contributed by atoms with Gasteiger partial charge in [-0.3, -0.25) is 4.79 Å². The first kappa shape index (κ1) is 18.2. The topological polar surface area (TPSA) is 115 Å². The predicted octanol–water partition coefficient (Wildman–Crippen LogP) is 1.82. The van der Waals surface area contributed by atoms with E-state index in [0.29, 0.717) is 5.82 Å². The zero-order valence-electron chi connectivity index (χ0n) is 13.3. The highest BCUT2D eigenvalue weighted by Crippen LogP contribution is 2.10. The summed E-state index contributed by atoms with van der Waals surface area (Å²) in [6, 6.07) is 4.32. The Morgan fingerprint density at radius 2 is 2.17 bits per heavy atom. The van der Waals surface area contributed by atoms with E-state index >= 15 is 0 Å². The van der Waals surface area contributed by atoms with Crippen molar-refractivity contribution >= 4 is 17.7 Å². The van der Waals surface area contributed by atoms with Crippen LogP contribution in [0.2, 0.25) is 0 Å². The van der Waals surface area contributed by atoms with E-state index in [1.807, 2.05) is 26.8 Å². The highest BCUT2D eigenvalue weighted by molar-refractivity contribution is 5.99. The third-order valence-electron chi connectivity index (χ3n) is 3.04. The Morgan fingerprint density at radius 1 is 1.48 bits per heavy atom. The Bertz CT molecular complexity index is 647. The van der Waals surface area contributed by atoms with Crippen molar-refractivity contribution < 1.29 is 14.7 Å². The van der Waals surface area contributed by atoms with Gasteiger partial charge in [-0.2, -0.15) is 5.26 Å². The number of hydrogen-bond acceptors (Lipinski definition) is 5. The molecule has 7 heteroatoms. The number of aryl methyl sites for hydroxylation is 1. The molecule has 0 aromatic carbocycles. The van der Waals surface area contributed by atoms with Gasteiger partial charge in [0.05, 0.1) is 0 Å². The smallest absolute Gasteiger partial charge is 0.326 e. The van der Waals surface area contributed by atoms with Crippen molar-refractivity contribution in [3.8, 4) is 6.07 Å². The number of nitrogens with one attached hydrogen (secondary N) is 2. The van der Waals surface area contributed by atoms with E-state index in [9.17, 15) is 9.59 Å². The van der Waals surface area contributed by atoms with Crippen molar-refractivity contribution in [1.82, 2.24) is 10.3 Å². The van der Waals surface area contributed by atoms with E-state index < -0.39 is 17.9 Å². The van der Waals surface area contributed by atoms with E-state index in [-0.39, 0.29) is 17.9 Å². The molecule has 1 heterocycles. The molecular weight excluding hydrogens is 296 g/mol. The van der Waals surface area contributed by atoms with Crippen LogP contribution >= 0.6 is 0 Å². The van der Waals surface area contributed by atoms with Crippen molar-refractivity contribution in [3.63, 3.8) is 0 Å². The van der Waals surface area contributed by atoms with Crippen LogP contribution in [-0.4, -0.2) is 28.0 Å². The third-order valence-corrected chi connectivity index (χ3v) is 3.04. The van der Waals surface area contributed by atoms with Crippen LogP contribution in [0.25, 0.3) is 0 Å². The summed E-state index contributed by atoms with van der Waals surface area (Å²) in [5.74, 6) is -1.25. The van der Waals surface area contributed by atoms with Crippen LogP contribution in [-0.2, 0) is 9.59 Å². The molecule has 0 aliphatic rings. The largest absolute Gasteiger partial charge is 0.480 e. The second-order valence-electron chi connectivity index (χ2n) is 5.48. The molecule has 0 saturated heterocycles. The molecule has 0 bridgehead atoms. The number of carbonyl (C=O) groups excluding carboxylic acids is 1. The number of anilines is 1. The number of nitriles is 1. The summed E-state index contributed by atoms with van der Waals surface area (Å²) in [5.41, 5.74) is 0.634. The number of carboxylic acids is 1. The molecule has 0 fully saturated rings. The molecule has 1 amide bonds. The molecule has 0 radical (unpaired) electrons. The highest BCUT2D eigenvalue weighted by atomic mass is 16.4. The Hall–Kier alpha value is -2.88. The van der Waals surface area contributed by atoms with Crippen LogP contribution in [0.15, 0.2) is 30.1 Å². The molecule has 3 N–H and O–H groups in total. The summed E-state index contributed by atoms with van der Waals surface area (Å²) in [6.45, 7) is 5.54. The van der Waals surface area contributed by atoms with Gasteiger partial charge in [0, 0.05) is 12.4 Å². The third kappa shape index (κ3) is 5.79. The van der Waals surface area contributed by atoms with Gasteiger partial charge in [-0.1, -0.05) is 19.9 Å². The van der Waals surface area contributed by atoms with E-state index in [4.69, 9.17) is 10.4 Å². The minimum Gasteiger partial charge on any atom is -0.480 e. The summed E-state index contributed by atoms with van der Waals surface area (Å²) in [5, 5.41) is 23.4. The van der Waals surface area contributed by atoms with Gasteiger partial charge in [-0.25, -0.2) is 9.78 Å². The van der Waals surface area contributed by atoms with E-state index in [2.05, 4.69) is 15.6 Å². The zero-order valence-corrected chi connectivity index (χ0v) is 13.3. The molecule has 23 heavy (non-hydrogen) atoms. The van der Waals surface area contributed by atoms with Crippen molar-refractivity contribution in [2.45, 2.75) is 33.2 Å². The van der Waals surface area contributed by atoms with E-state index in [0.717, 1.165) is 5.56 Å². The number of aromatic nitrogens is 1.